The topological polar surface area (TPSA) is 60.7 Å². The van der Waals surface area contributed by atoms with E-state index in [4.69, 9.17) is 31.9 Å². The van der Waals surface area contributed by atoms with Crippen molar-refractivity contribution in [3.05, 3.63) is 58.5 Å². The summed E-state index contributed by atoms with van der Waals surface area (Å²) in [6, 6.07) is 6.87. The number of halogens is 1. The number of furan rings is 1. The number of aryl methyl sites for hydroxylation is 1. The minimum Gasteiger partial charge on any atom is -0.488 e. The minimum atomic E-state index is -0.219. The number of terminal acetylenes is 1. The third-order valence-corrected chi connectivity index (χ3v) is 4.85. The van der Waals surface area contributed by atoms with Gasteiger partial charge in [0.1, 0.15) is 24.7 Å². The van der Waals surface area contributed by atoms with E-state index >= 15 is 0 Å². The van der Waals surface area contributed by atoms with Crippen molar-refractivity contribution in [2.24, 2.45) is 0 Å². The van der Waals surface area contributed by atoms with Crippen LogP contribution in [0.1, 0.15) is 55.6 Å². The van der Waals surface area contributed by atoms with Gasteiger partial charge in [-0.25, -0.2) is 0 Å². The standard InChI is InChI=1S/C25H30ClNO4/c1-4-14-29-15-8-6-5-7-9-23-21(13-17-30-23)25(28)27-20-10-11-22(26)24(18-20)31-16-12-19(2)3/h1,10-13,17-18H,5-9,14-16H2,2-3H3,(H,27,28). The Bertz CT molecular complexity index is 906. The van der Waals surface area contributed by atoms with E-state index in [1.54, 1.807) is 30.5 Å². The first-order valence-electron chi connectivity index (χ1n) is 10.5. The number of anilines is 1. The van der Waals surface area contributed by atoms with E-state index in [0.29, 0.717) is 54.0 Å². The number of rotatable bonds is 13. The maximum absolute atomic E-state index is 12.7. The first-order chi connectivity index (χ1) is 15.0. The molecular weight excluding hydrogens is 414 g/mol. The molecule has 0 spiro atoms. The van der Waals surface area contributed by atoms with Gasteiger partial charge >= 0.3 is 0 Å². The molecule has 0 unspecified atom stereocenters. The number of carbonyl (C=O) groups is 1. The third-order valence-electron chi connectivity index (χ3n) is 4.54. The molecule has 2 rings (SSSR count). The molecule has 1 N–H and O–H groups in total. The number of hydrogen-bond acceptors (Lipinski definition) is 4. The number of benzene rings is 1. The first-order valence-corrected chi connectivity index (χ1v) is 10.8. The van der Waals surface area contributed by atoms with Gasteiger partial charge < -0.3 is 19.2 Å². The van der Waals surface area contributed by atoms with Crippen LogP contribution in [0.4, 0.5) is 5.69 Å². The summed E-state index contributed by atoms with van der Waals surface area (Å²) in [5.74, 6) is 3.45. The van der Waals surface area contributed by atoms with Crippen molar-refractivity contribution in [2.45, 2.75) is 46.0 Å². The molecule has 31 heavy (non-hydrogen) atoms. The predicted octanol–water partition coefficient (Wildman–Crippen LogP) is 6.28. The highest BCUT2D eigenvalue weighted by molar-refractivity contribution is 6.32. The summed E-state index contributed by atoms with van der Waals surface area (Å²) >= 11 is 6.20. The first kappa shape index (κ1) is 24.6. The predicted molar refractivity (Wildman–Crippen MR) is 125 cm³/mol. The van der Waals surface area contributed by atoms with Crippen molar-refractivity contribution in [2.75, 3.05) is 25.1 Å². The van der Waals surface area contributed by atoms with E-state index in [1.807, 2.05) is 19.9 Å². The number of allylic oxidation sites excluding steroid dienone is 1. The van der Waals surface area contributed by atoms with Crippen LogP contribution < -0.4 is 10.1 Å². The van der Waals surface area contributed by atoms with Crippen molar-refractivity contribution in [3.63, 3.8) is 0 Å². The fourth-order valence-corrected chi connectivity index (χ4v) is 3.07. The summed E-state index contributed by atoms with van der Waals surface area (Å²) < 4.78 is 16.5. The molecular formula is C25H30ClNO4. The quantitative estimate of drug-likeness (QED) is 0.225. The Kier molecular flexibility index (Phi) is 10.8. The number of carbonyl (C=O) groups excluding carboxylic acids is 1. The molecule has 2 aromatic rings. The highest BCUT2D eigenvalue weighted by Gasteiger charge is 2.15. The summed E-state index contributed by atoms with van der Waals surface area (Å²) in [5.41, 5.74) is 2.31. The molecule has 0 bridgehead atoms. The largest absolute Gasteiger partial charge is 0.488 e. The molecule has 1 heterocycles. The Hall–Kier alpha value is -2.68. The highest BCUT2D eigenvalue weighted by Crippen LogP contribution is 2.28. The summed E-state index contributed by atoms with van der Waals surface area (Å²) in [5, 5.41) is 3.39. The second-order valence-electron chi connectivity index (χ2n) is 7.37. The Morgan fingerprint density at radius 2 is 2.03 bits per heavy atom. The lowest BCUT2D eigenvalue weighted by atomic mass is 10.1. The van der Waals surface area contributed by atoms with Gasteiger partial charge in [-0.1, -0.05) is 35.9 Å². The van der Waals surface area contributed by atoms with Crippen LogP contribution in [0.5, 0.6) is 5.75 Å². The van der Waals surface area contributed by atoms with Crippen LogP contribution in [0.25, 0.3) is 0 Å². The third kappa shape index (κ3) is 8.92. The van der Waals surface area contributed by atoms with E-state index in [1.165, 1.54) is 0 Å². The zero-order chi connectivity index (χ0) is 22.5. The van der Waals surface area contributed by atoms with E-state index in [0.717, 1.165) is 31.3 Å². The molecule has 5 nitrogen and oxygen atoms in total. The number of nitrogens with one attached hydrogen (secondary N) is 1. The van der Waals surface area contributed by atoms with Crippen molar-refractivity contribution < 1.29 is 18.7 Å². The summed E-state index contributed by atoms with van der Waals surface area (Å²) in [6.07, 6.45) is 13.4. The van der Waals surface area contributed by atoms with Crippen LogP contribution in [0.15, 0.2) is 46.6 Å². The van der Waals surface area contributed by atoms with Crippen LogP contribution in [-0.4, -0.2) is 25.7 Å². The number of hydrogen-bond donors (Lipinski definition) is 1. The fraction of sp³-hybridized carbons (Fsp3) is 0.400. The summed E-state index contributed by atoms with van der Waals surface area (Å²) in [7, 11) is 0. The van der Waals surface area contributed by atoms with Gasteiger partial charge in [-0.15, -0.1) is 6.42 Å². The number of ether oxygens (including phenoxy) is 2. The van der Waals surface area contributed by atoms with E-state index in [-0.39, 0.29) is 5.91 Å². The zero-order valence-corrected chi connectivity index (χ0v) is 19.0. The second-order valence-corrected chi connectivity index (χ2v) is 7.78. The number of amides is 1. The van der Waals surface area contributed by atoms with Crippen molar-refractivity contribution in [1.29, 1.82) is 0 Å². The second kappa shape index (κ2) is 13.6. The normalized spacial score (nSPS) is 10.4. The van der Waals surface area contributed by atoms with Crippen molar-refractivity contribution in [1.82, 2.24) is 0 Å². The molecule has 0 saturated carbocycles. The Morgan fingerprint density at radius 3 is 2.81 bits per heavy atom. The summed E-state index contributed by atoms with van der Waals surface area (Å²) in [4.78, 5) is 12.7. The van der Waals surface area contributed by atoms with Gasteiger partial charge in [0.25, 0.3) is 5.91 Å². The molecule has 1 aromatic carbocycles. The molecule has 0 saturated heterocycles. The molecule has 0 aliphatic carbocycles. The van der Waals surface area contributed by atoms with E-state index in [2.05, 4.69) is 11.2 Å². The van der Waals surface area contributed by atoms with Crippen LogP contribution in [-0.2, 0) is 11.2 Å². The maximum atomic E-state index is 12.7. The Balaban J connectivity index is 1.86. The highest BCUT2D eigenvalue weighted by atomic mass is 35.5. The van der Waals surface area contributed by atoms with Crippen LogP contribution in [0.2, 0.25) is 5.02 Å². The zero-order valence-electron chi connectivity index (χ0n) is 18.2. The SMILES string of the molecule is C#CCOCCCCCCc1occc1C(=O)Nc1ccc(Cl)c(OCC=C(C)C)c1. The van der Waals surface area contributed by atoms with E-state index in [9.17, 15) is 4.79 Å². The van der Waals surface area contributed by atoms with Crippen LogP contribution in [0, 0.1) is 12.3 Å². The van der Waals surface area contributed by atoms with Gasteiger partial charge in [0.2, 0.25) is 0 Å². The lowest BCUT2D eigenvalue weighted by Crippen LogP contribution is -2.13. The Morgan fingerprint density at radius 1 is 1.23 bits per heavy atom. The van der Waals surface area contributed by atoms with Crippen LogP contribution >= 0.6 is 11.6 Å². The van der Waals surface area contributed by atoms with Crippen LogP contribution in [0.3, 0.4) is 0 Å². The fourth-order valence-electron chi connectivity index (χ4n) is 2.90. The smallest absolute Gasteiger partial charge is 0.259 e. The molecule has 0 fully saturated rings. The molecule has 0 radical (unpaired) electrons. The average molecular weight is 444 g/mol. The molecule has 0 atom stereocenters. The van der Waals surface area contributed by atoms with Gasteiger partial charge in [0.15, 0.2) is 0 Å². The monoisotopic (exact) mass is 443 g/mol. The molecule has 1 aromatic heterocycles. The lowest BCUT2D eigenvalue weighted by Gasteiger charge is -2.10. The van der Waals surface area contributed by atoms with Gasteiger partial charge in [-0.3, -0.25) is 4.79 Å². The molecule has 166 valence electrons. The van der Waals surface area contributed by atoms with E-state index < -0.39 is 0 Å². The maximum Gasteiger partial charge on any atom is 0.259 e. The summed E-state index contributed by atoms with van der Waals surface area (Å²) in [6.45, 7) is 5.46. The van der Waals surface area contributed by atoms with Crippen molar-refractivity contribution in [3.8, 4) is 18.1 Å². The van der Waals surface area contributed by atoms with Crippen molar-refractivity contribution >= 4 is 23.2 Å². The molecule has 6 heteroatoms. The van der Waals surface area contributed by atoms with Gasteiger partial charge in [-0.2, -0.15) is 0 Å². The average Bonchev–Trinajstić information content (AvgIpc) is 3.21. The van der Waals surface area contributed by atoms with Gasteiger partial charge in [0.05, 0.1) is 16.8 Å². The minimum absolute atomic E-state index is 0.219. The van der Waals surface area contributed by atoms with Gasteiger partial charge in [0, 0.05) is 24.8 Å². The molecule has 0 aliphatic rings. The lowest BCUT2D eigenvalue weighted by molar-refractivity contribution is 0.102. The Labute approximate surface area is 189 Å². The number of unbranched alkanes of at least 4 members (excludes halogenated alkanes) is 3. The molecule has 1 amide bonds. The van der Waals surface area contributed by atoms with Gasteiger partial charge in [-0.05, 0) is 51.0 Å². The molecule has 0 aliphatic heterocycles.